The van der Waals surface area contributed by atoms with Crippen LogP contribution in [0.2, 0.25) is 0 Å². The molecule has 4 nitrogen and oxygen atoms in total. The maximum absolute atomic E-state index is 10.6. The first-order valence-corrected chi connectivity index (χ1v) is 17.3. The topological polar surface area (TPSA) is 66.8 Å². The Morgan fingerprint density at radius 2 is 0.639 bits per heavy atom. The number of phosphoric acid groups is 1. The number of phosphoric ester groups is 1. The van der Waals surface area contributed by atoms with E-state index >= 15 is 0 Å². The summed E-state index contributed by atoms with van der Waals surface area (Å²) in [5.74, 6) is 0. The minimum absolute atomic E-state index is 0. The van der Waals surface area contributed by atoms with Gasteiger partial charge in [0.2, 0.25) is 0 Å². The van der Waals surface area contributed by atoms with E-state index in [0.29, 0.717) is 0 Å². The van der Waals surface area contributed by atoms with Crippen molar-refractivity contribution >= 4 is 7.82 Å². The molecule has 0 saturated carbocycles. The fourth-order valence-electron chi connectivity index (χ4n) is 4.95. The summed E-state index contributed by atoms with van der Waals surface area (Å²) in [4.78, 5) is 17.2. The molecule has 0 radical (unpaired) electrons. The molecule has 0 atom stereocenters. The normalized spacial score (nSPS) is 11.6. The van der Waals surface area contributed by atoms with E-state index in [9.17, 15) is 4.57 Å². The maximum Gasteiger partial charge on any atom is 1.00 e. The Bertz CT molecular complexity index is 451. The molecule has 36 heavy (non-hydrogen) atoms. The molecule has 0 heterocycles. The minimum Gasteiger partial charge on any atom is -1.00 e. The van der Waals surface area contributed by atoms with E-state index in [4.69, 9.17) is 9.79 Å². The molecular weight excluding hydrogens is 494 g/mol. The molecule has 0 unspecified atom stereocenters. The Kier molecular flexibility index (Phi) is 36.5. The summed E-state index contributed by atoms with van der Waals surface area (Å²) in [7, 11) is -4.27. The van der Waals surface area contributed by atoms with E-state index in [-0.39, 0.29) is 59.4 Å². The van der Waals surface area contributed by atoms with Crippen LogP contribution in [-0.4, -0.2) is 16.4 Å². The van der Waals surface area contributed by atoms with Crippen molar-refractivity contribution in [3.8, 4) is 0 Å². The molecule has 0 spiro atoms. The molecule has 2 N–H and O–H groups in total. The second kappa shape index (κ2) is 33.0. The molecule has 0 saturated heterocycles. The van der Waals surface area contributed by atoms with Gasteiger partial charge in [-0.15, -0.1) is 0 Å². The SMILES string of the molecule is CCCCCCCCCCCCCCCCCCCCCCCCCCCCCCOP(=O)(O)O.[H-].[K+]. The summed E-state index contributed by atoms with van der Waals surface area (Å²) in [5, 5.41) is 0. The third-order valence-corrected chi connectivity index (χ3v) is 7.78. The van der Waals surface area contributed by atoms with Crippen LogP contribution in [0.4, 0.5) is 0 Å². The zero-order chi connectivity index (χ0) is 25.7. The van der Waals surface area contributed by atoms with E-state index in [0.717, 1.165) is 19.3 Å². The van der Waals surface area contributed by atoms with E-state index < -0.39 is 7.82 Å². The first-order chi connectivity index (χ1) is 17.1. The van der Waals surface area contributed by atoms with Crippen molar-refractivity contribution < 1.29 is 71.7 Å². The van der Waals surface area contributed by atoms with Crippen LogP contribution in [0.25, 0.3) is 0 Å². The first kappa shape index (κ1) is 39.9. The molecule has 0 amide bonds. The van der Waals surface area contributed by atoms with Crippen molar-refractivity contribution in [3.63, 3.8) is 0 Å². The zero-order valence-corrected chi connectivity index (χ0v) is 28.7. The molecule has 0 aromatic rings. The number of unbranched alkanes of at least 4 members (excludes halogenated alkanes) is 27. The van der Waals surface area contributed by atoms with Crippen LogP contribution in [0, 0.1) is 0 Å². The van der Waals surface area contributed by atoms with Gasteiger partial charge in [0.25, 0.3) is 0 Å². The summed E-state index contributed by atoms with van der Waals surface area (Å²) in [5.41, 5.74) is 0. The molecule has 0 aromatic carbocycles. The van der Waals surface area contributed by atoms with Crippen LogP contribution in [0.15, 0.2) is 0 Å². The smallest absolute Gasteiger partial charge is 1.00 e. The van der Waals surface area contributed by atoms with Crippen LogP contribution >= 0.6 is 7.82 Å². The Balaban J connectivity index is -0.00000578. The van der Waals surface area contributed by atoms with Crippen molar-refractivity contribution in [2.75, 3.05) is 6.61 Å². The molecule has 0 fully saturated rings. The average Bonchev–Trinajstić information content (AvgIpc) is 2.82. The van der Waals surface area contributed by atoms with Crippen molar-refractivity contribution in [2.45, 2.75) is 187 Å². The number of hydrogen-bond donors (Lipinski definition) is 2. The van der Waals surface area contributed by atoms with Gasteiger partial charge in [-0.1, -0.05) is 180 Å². The minimum atomic E-state index is -4.27. The molecule has 0 aliphatic carbocycles. The second-order valence-electron chi connectivity index (χ2n) is 10.9. The van der Waals surface area contributed by atoms with E-state index in [1.165, 1.54) is 161 Å². The van der Waals surface area contributed by atoms with E-state index in [2.05, 4.69) is 11.4 Å². The van der Waals surface area contributed by atoms with Crippen LogP contribution in [0.1, 0.15) is 188 Å². The van der Waals surface area contributed by atoms with E-state index in [1.807, 2.05) is 0 Å². The Labute approximate surface area is 270 Å². The fourth-order valence-corrected chi connectivity index (χ4v) is 5.32. The third-order valence-electron chi connectivity index (χ3n) is 7.26. The Morgan fingerprint density at radius 1 is 0.444 bits per heavy atom. The molecule has 0 rings (SSSR count). The fraction of sp³-hybridized carbons (Fsp3) is 1.00. The molecule has 214 valence electrons. The summed E-state index contributed by atoms with van der Waals surface area (Å²) in [6, 6.07) is 0. The van der Waals surface area contributed by atoms with Crippen LogP contribution in [0.3, 0.4) is 0 Å². The second-order valence-corrected chi connectivity index (χ2v) is 12.1. The molecule has 0 aliphatic heterocycles. The average molecular weight is 559 g/mol. The van der Waals surface area contributed by atoms with Gasteiger partial charge in [-0.05, 0) is 6.42 Å². The largest absolute Gasteiger partial charge is 1.00 e. The van der Waals surface area contributed by atoms with Crippen molar-refractivity contribution in [2.24, 2.45) is 0 Å². The summed E-state index contributed by atoms with van der Waals surface area (Å²) in [6.45, 7) is 2.46. The van der Waals surface area contributed by atoms with Gasteiger partial charge in [0.15, 0.2) is 0 Å². The predicted molar refractivity (Wildman–Crippen MR) is 154 cm³/mol. The van der Waals surface area contributed by atoms with Gasteiger partial charge < -0.3 is 11.2 Å². The molecule has 0 bridgehead atoms. The first-order valence-electron chi connectivity index (χ1n) is 15.8. The van der Waals surface area contributed by atoms with Crippen LogP contribution < -0.4 is 51.4 Å². The van der Waals surface area contributed by atoms with Crippen LogP contribution in [-0.2, 0) is 9.09 Å². The van der Waals surface area contributed by atoms with Crippen LogP contribution in [0.5, 0.6) is 0 Å². The van der Waals surface area contributed by atoms with Gasteiger partial charge in [-0.3, -0.25) is 4.52 Å². The van der Waals surface area contributed by atoms with Gasteiger partial charge in [0.1, 0.15) is 0 Å². The zero-order valence-electron chi connectivity index (χ0n) is 25.7. The summed E-state index contributed by atoms with van der Waals surface area (Å²) >= 11 is 0. The van der Waals surface area contributed by atoms with Gasteiger partial charge in [-0.2, -0.15) is 0 Å². The van der Waals surface area contributed by atoms with E-state index in [1.54, 1.807) is 0 Å². The molecule has 6 heteroatoms. The number of hydrogen-bond acceptors (Lipinski definition) is 2. The quantitative estimate of drug-likeness (QED) is 0.0530. The predicted octanol–water partition coefficient (Wildman–Crippen LogP) is 8.15. The van der Waals surface area contributed by atoms with Gasteiger partial charge in [0, 0.05) is 0 Å². The molecule has 0 aliphatic rings. The Hall–Kier alpha value is 1.75. The van der Waals surface area contributed by atoms with Crippen molar-refractivity contribution in [3.05, 3.63) is 0 Å². The van der Waals surface area contributed by atoms with Crippen molar-refractivity contribution in [1.82, 2.24) is 0 Å². The standard InChI is InChI=1S/C30H63O4P.K.H/c1-2-3-4-5-6-7-8-9-10-11-12-13-14-15-16-17-18-19-20-21-22-23-24-25-26-27-28-29-30-34-35(31,32)33;;/h2-30H2,1H3,(H2,31,32,33);;/q;+1;-1. The maximum atomic E-state index is 10.6. The van der Waals surface area contributed by atoms with Gasteiger partial charge in [-0.25, -0.2) is 4.57 Å². The molecular formula is C30H64KO4P. The van der Waals surface area contributed by atoms with Gasteiger partial charge in [0.05, 0.1) is 6.61 Å². The molecule has 0 aromatic heterocycles. The summed E-state index contributed by atoms with van der Waals surface area (Å²) < 4.78 is 15.0. The Morgan fingerprint density at radius 3 is 0.833 bits per heavy atom. The monoisotopic (exact) mass is 558 g/mol. The number of rotatable bonds is 30. The van der Waals surface area contributed by atoms with Gasteiger partial charge >= 0.3 is 59.2 Å². The summed E-state index contributed by atoms with van der Waals surface area (Å²) in [6.07, 6.45) is 38.4. The third kappa shape index (κ3) is 37.9. The van der Waals surface area contributed by atoms with Crippen molar-refractivity contribution in [1.29, 1.82) is 0 Å².